The van der Waals surface area contributed by atoms with E-state index in [-0.39, 0.29) is 5.91 Å². The highest BCUT2D eigenvalue weighted by Crippen LogP contribution is 2.22. The van der Waals surface area contributed by atoms with Crippen LogP contribution < -0.4 is 10.0 Å². The summed E-state index contributed by atoms with van der Waals surface area (Å²) >= 11 is 1.43. The lowest BCUT2D eigenvalue weighted by molar-refractivity contribution is 0.103. The summed E-state index contributed by atoms with van der Waals surface area (Å²) in [6.45, 7) is 3.92. The van der Waals surface area contributed by atoms with Crippen molar-refractivity contribution in [2.24, 2.45) is 0 Å². The van der Waals surface area contributed by atoms with Crippen LogP contribution in [-0.4, -0.2) is 20.6 Å². The van der Waals surface area contributed by atoms with Crippen molar-refractivity contribution in [2.75, 3.05) is 16.3 Å². The Hall–Kier alpha value is -1.86. The molecule has 0 radical (unpaired) electrons. The molecule has 0 saturated heterocycles. The monoisotopic (exact) mass is 324 g/mol. The number of nitrogens with one attached hydrogen (secondary N) is 2. The standard InChI is InChI=1S/C14H16N2O3S2/c1-9-7-13(20-10(9)2)14(17)15-11-5-4-6-12(8-11)16-21(3,18)19/h4-8,16H,1-3H3,(H,15,17). The van der Waals surface area contributed by atoms with E-state index in [0.717, 1.165) is 16.7 Å². The van der Waals surface area contributed by atoms with Gasteiger partial charge in [-0.1, -0.05) is 6.07 Å². The number of amides is 1. The lowest BCUT2D eigenvalue weighted by atomic mass is 10.2. The van der Waals surface area contributed by atoms with Crippen molar-refractivity contribution in [2.45, 2.75) is 13.8 Å². The van der Waals surface area contributed by atoms with Crippen molar-refractivity contribution in [1.82, 2.24) is 0 Å². The minimum Gasteiger partial charge on any atom is -0.321 e. The Morgan fingerprint density at radius 1 is 1.14 bits per heavy atom. The molecule has 0 unspecified atom stereocenters. The summed E-state index contributed by atoms with van der Waals surface area (Å²) in [6.07, 6.45) is 1.08. The van der Waals surface area contributed by atoms with Gasteiger partial charge in [0, 0.05) is 10.6 Å². The van der Waals surface area contributed by atoms with Crippen molar-refractivity contribution >= 4 is 38.6 Å². The number of hydrogen-bond donors (Lipinski definition) is 2. The Morgan fingerprint density at radius 3 is 2.38 bits per heavy atom. The zero-order valence-electron chi connectivity index (χ0n) is 11.9. The van der Waals surface area contributed by atoms with E-state index in [1.54, 1.807) is 24.3 Å². The van der Waals surface area contributed by atoms with Gasteiger partial charge in [-0.3, -0.25) is 9.52 Å². The SMILES string of the molecule is Cc1cc(C(=O)Nc2cccc(NS(C)(=O)=O)c2)sc1C. The molecule has 0 aliphatic heterocycles. The van der Waals surface area contributed by atoms with Gasteiger partial charge in [-0.15, -0.1) is 11.3 Å². The Morgan fingerprint density at radius 2 is 1.81 bits per heavy atom. The van der Waals surface area contributed by atoms with Crippen LogP contribution in [0.25, 0.3) is 0 Å². The molecule has 21 heavy (non-hydrogen) atoms. The van der Waals surface area contributed by atoms with Crippen molar-refractivity contribution in [1.29, 1.82) is 0 Å². The van der Waals surface area contributed by atoms with Gasteiger partial charge < -0.3 is 5.32 Å². The van der Waals surface area contributed by atoms with Gasteiger partial charge >= 0.3 is 0 Å². The molecule has 1 aromatic heterocycles. The van der Waals surface area contributed by atoms with Gasteiger partial charge in [-0.05, 0) is 43.7 Å². The van der Waals surface area contributed by atoms with Crippen LogP contribution in [0, 0.1) is 13.8 Å². The molecule has 0 fully saturated rings. The number of hydrogen-bond acceptors (Lipinski definition) is 4. The fourth-order valence-electron chi connectivity index (χ4n) is 1.75. The molecule has 0 atom stereocenters. The van der Waals surface area contributed by atoms with Crippen LogP contribution in [0.3, 0.4) is 0 Å². The van der Waals surface area contributed by atoms with E-state index in [1.807, 2.05) is 19.9 Å². The van der Waals surface area contributed by atoms with Crippen molar-refractivity contribution in [3.8, 4) is 0 Å². The average Bonchev–Trinajstić information content (AvgIpc) is 2.68. The molecule has 2 aromatic rings. The smallest absolute Gasteiger partial charge is 0.265 e. The number of benzene rings is 1. The van der Waals surface area contributed by atoms with Crippen LogP contribution in [0.15, 0.2) is 30.3 Å². The van der Waals surface area contributed by atoms with Gasteiger partial charge in [0.15, 0.2) is 0 Å². The largest absolute Gasteiger partial charge is 0.321 e. The number of rotatable bonds is 4. The van der Waals surface area contributed by atoms with Crippen LogP contribution in [0.1, 0.15) is 20.1 Å². The fourth-order valence-corrected chi connectivity index (χ4v) is 3.24. The third-order valence-corrected chi connectivity index (χ3v) is 4.57. The number of carbonyl (C=O) groups excluding carboxylic acids is 1. The molecule has 0 aliphatic carbocycles. The number of anilines is 2. The maximum Gasteiger partial charge on any atom is 0.265 e. The first-order valence-electron chi connectivity index (χ1n) is 6.21. The van der Waals surface area contributed by atoms with Gasteiger partial charge in [0.05, 0.1) is 16.8 Å². The maximum atomic E-state index is 12.1. The fraction of sp³-hybridized carbons (Fsp3) is 0.214. The summed E-state index contributed by atoms with van der Waals surface area (Å²) in [7, 11) is -3.34. The van der Waals surface area contributed by atoms with E-state index in [2.05, 4.69) is 10.0 Å². The first-order chi connectivity index (χ1) is 9.74. The lowest BCUT2D eigenvalue weighted by Crippen LogP contribution is -2.12. The number of aryl methyl sites for hydroxylation is 2. The molecule has 2 rings (SSSR count). The predicted molar refractivity (Wildman–Crippen MR) is 86.7 cm³/mol. The Bertz CT molecular complexity index is 760. The number of carbonyl (C=O) groups is 1. The van der Waals surface area contributed by atoms with E-state index in [4.69, 9.17) is 0 Å². The molecular weight excluding hydrogens is 308 g/mol. The first-order valence-corrected chi connectivity index (χ1v) is 8.91. The zero-order valence-corrected chi connectivity index (χ0v) is 13.6. The average molecular weight is 324 g/mol. The summed E-state index contributed by atoms with van der Waals surface area (Å²) in [6, 6.07) is 8.42. The van der Waals surface area contributed by atoms with Crippen LogP contribution in [-0.2, 0) is 10.0 Å². The summed E-state index contributed by atoms with van der Waals surface area (Å²) in [5.74, 6) is -0.201. The molecule has 0 aliphatic rings. The minimum atomic E-state index is -3.34. The molecule has 2 N–H and O–H groups in total. The van der Waals surface area contributed by atoms with Gasteiger partial charge in [0.1, 0.15) is 0 Å². The normalized spacial score (nSPS) is 11.2. The number of thiophene rings is 1. The summed E-state index contributed by atoms with van der Waals surface area (Å²) in [4.78, 5) is 13.9. The van der Waals surface area contributed by atoms with Gasteiger partial charge in [-0.2, -0.15) is 0 Å². The number of sulfonamides is 1. The Labute approximate surface area is 128 Å². The van der Waals surface area contributed by atoms with Gasteiger partial charge in [0.2, 0.25) is 10.0 Å². The molecule has 1 aromatic carbocycles. The molecule has 5 nitrogen and oxygen atoms in total. The topological polar surface area (TPSA) is 75.3 Å². The van der Waals surface area contributed by atoms with E-state index >= 15 is 0 Å². The molecule has 0 saturated carbocycles. The highest BCUT2D eigenvalue weighted by Gasteiger charge is 2.11. The maximum absolute atomic E-state index is 12.1. The Kier molecular flexibility index (Phi) is 4.34. The van der Waals surface area contributed by atoms with Crippen LogP contribution in [0.2, 0.25) is 0 Å². The molecule has 112 valence electrons. The summed E-state index contributed by atoms with van der Waals surface area (Å²) in [5.41, 5.74) is 2.03. The molecule has 0 spiro atoms. The molecule has 1 amide bonds. The van der Waals surface area contributed by atoms with Gasteiger partial charge in [-0.25, -0.2) is 8.42 Å². The zero-order chi connectivity index (χ0) is 15.6. The second kappa shape index (κ2) is 5.87. The van der Waals surface area contributed by atoms with Crippen LogP contribution >= 0.6 is 11.3 Å². The predicted octanol–water partition coefficient (Wildman–Crippen LogP) is 2.99. The summed E-state index contributed by atoms with van der Waals surface area (Å²) in [5, 5.41) is 2.76. The van der Waals surface area contributed by atoms with Crippen molar-refractivity contribution in [3.63, 3.8) is 0 Å². The van der Waals surface area contributed by atoms with E-state index in [1.165, 1.54) is 11.3 Å². The third kappa shape index (κ3) is 4.30. The third-order valence-electron chi connectivity index (χ3n) is 2.81. The lowest BCUT2D eigenvalue weighted by Gasteiger charge is -2.07. The van der Waals surface area contributed by atoms with E-state index < -0.39 is 10.0 Å². The minimum absolute atomic E-state index is 0.201. The van der Waals surface area contributed by atoms with Crippen molar-refractivity contribution < 1.29 is 13.2 Å². The van der Waals surface area contributed by atoms with Crippen molar-refractivity contribution in [3.05, 3.63) is 45.6 Å². The van der Waals surface area contributed by atoms with E-state index in [0.29, 0.717) is 16.3 Å². The first kappa shape index (κ1) is 15.5. The van der Waals surface area contributed by atoms with Crippen LogP contribution in [0.4, 0.5) is 11.4 Å². The quantitative estimate of drug-likeness (QED) is 0.908. The van der Waals surface area contributed by atoms with Crippen LogP contribution in [0.5, 0.6) is 0 Å². The molecule has 1 heterocycles. The highest BCUT2D eigenvalue weighted by molar-refractivity contribution is 7.92. The second-order valence-corrected chi connectivity index (χ2v) is 7.76. The van der Waals surface area contributed by atoms with Gasteiger partial charge in [0.25, 0.3) is 5.91 Å². The van der Waals surface area contributed by atoms with E-state index in [9.17, 15) is 13.2 Å². The Balaban J connectivity index is 2.16. The molecule has 7 heteroatoms. The second-order valence-electron chi connectivity index (χ2n) is 4.76. The molecule has 0 bridgehead atoms. The molecular formula is C14H16N2O3S2. The summed E-state index contributed by atoms with van der Waals surface area (Å²) < 4.78 is 24.8. The highest BCUT2D eigenvalue weighted by atomic mass is 32.2.